The number of aromatic amines is 1. The highest BCUT2D eigenvalue weighted by molar-refractivity contribution is 5.29. The minimum Gasteiger partial charge on any atom is -0.267 e. The third kappa shape index (κ3) is 1.19. The van der Waals surface area contributed by atoms with E-state index in [-0.39, 0.29) is 5.56 Å². The minimum absolute atomic E-state index is 0.0978. The fourth-order valence-electron chi connectivity index (χ4n) is 1.45. The molecule has 2 aromatic heterocycles. The molecule has 0 aromatic carbocycles. The molecule has 2 aromatic rings. The molecule has 0 aliphatic heterocycles. The number of aryl methyl sites for hydroxylation is 1. The fraction of sp³-hybridized carbons (Fsp3) is 0.500. The average Bonchev–Trinajstić information content (AvgIpc) is 2.60. The smallest absolute Gasteiger partial charge is 0.267 e. The molecule has 0 bridgehead atoms. The first kappa shape index (κ1) is 8.86. The minimum atomic E-state index is -0.0978. The van der Waals surface area contributed by atoms with Crippen molar-refractivity contribution in [1.29, 1.82) is 0 Å². The molecule has 0 unspecified atom stereocenters. The maximum Gasteiger partial charge on any atom is 0.278 e. The topological polar surface area (TPSA) is 75.9 Å². The number of fused-ring (bicyclic) bond motifs is 1. The number of tetrazole rings is 1. The Kier molecular flexibility index (Phi) is 2.03. The largest absolute Gasteiger partial charge is 0.278 e. The van der Waals surface area contributed by atoms with Crippen molar-refractivity contribution in [1.82, 2.24) is 25.0 Å². The van der Waals surface area contributed by atoms with Gasteiger partial charge in [0.05, 0.1) is 5.69 Å². The van der Waals surface area contributed by atoms with Gasteiger partial charge in [-0.1, -0.05) is 18.4 Å². The molecule has 6 heteroatoms. The lowest BCUT2D eigenvalue weighted by Gasteiger charge is -2.01. The zero-order valence-electron chi connectivity index (χ0n) is 8.11. The monoisotopic (exact) mass is 193 g/mol. The number of hydrogen-bond donors (Lipinski definition) is 1. The van der Waals surface area contributed by atoms with Crippen molar-refractivity contribution < 1.29 is 0 Å². The van der Waals surface area contributed by atoms with Gasteiger partial charge in [0, 0.05) is 5.56 Å². The Balaban J connectivity index is 2.76. The van der Waals surface area contributed by atoms with Crippen molar-refractivity contribution in [2.75, 3.05) is 0 Å². The molecule has 0 saturated carbocycles. The Morgan fingerprint density at radius 2 is 2.29 bits per heavy atom. The van der Waals surface area contributed by atoms with Crippen molar-refractivity contribution in [2.45, 2.75) is 26.7 Å². The van der Waals surface area contributed by atoms with Gasteiger partial charge in [0.2, 0.25) is 0 Å². The Labute approximate surface area is 80.0 Å². The molecule has 2 heterocycles. The number of nitrogens with one attached hydrogen (secondary N) is 1. The Hall–Kier alpha value is -1.72. The standard InChI is InChI=1S/C8H11N5O/c1-3-4-6-5(2)9-8-10-11-12-13(8)7(6)14/h3-4H2,1-2H3,(H,9,10,12). The molecule has 1 N–H and O–H groups in total. The van der Waals surface area contributed by atoms with Crippen LogP contribution in [0.25, 0.3) is 5.78 Å². The van der Waals surface area contributed by atoms with Gasteiger partial charge in [-0.15, -0.1) is 0 Å². The summed E-state index contributed by atoms with van der Waals surface area (Å²) in [7, 11) is 0. The molecule has 0 atom stereocenters. The van der Waals surface area contributed by atoms with Crippen LogP contribution in [0.2, 0.25) is 0 Å². The lowest BCUT2D eigenvalue weighted by molar-refractivity contribution is 0.773. The number of hydrogen-bond acceptors (Lipinski definition) is 4. The first-order valence-corrected chi connectivity index (χ1v) is 4.53. The van der Waals surface area contributed by atoms with Gasteiger partial charge in [0.1, 0.15) is 0 Å². The van der Waals surface area contributed by atoms with E-state index in [0.717, 1.165) is 24.1 Å². The van der Waals surface area contributed by atoms with Gasteiger partial charge in [-0.05, 0) is 18.6 Å². The quantitative estimate of drug-likeness (QED) is 0.732. The molecule has 2 rings (SSSR count). The van der Waals surface area contributed by atoms with Gasteiger partial charge >= 0.3 is 0 Å². The predicted octanol–water partition coefficient (Wildman–Crippen LogP) is 0.0735. The number of H-pyrrole nitrogens is 1. The van der Waals surface area contributed by atoms with Crippen molar-refractivity contribution in [3.63, 3.8) is 0 Å². The van der Waals surface area contributed by atoms with Crippen LogP contribution in [0.3, 0.4) is 0 Å². The van der Waals surface area contributed by atoms with Crippen LogP contribution < -0.4 is 5.56 Å². The number of aromatic nitrogens is 5. The van der Waals surface area contributed by atoms with Crippen LogP contribution in [-0.2, 0) is 6.42 Å². The van der Waals surface area contributed by atoms with E-state index in [1.807, 2.05) is 13.8 Å². The lowest BCUT2D eigenvalue weighted by Crippen LogP contribution is -2.21. The normalized spacial score (nSPS) is 11.0. The van der Waals surface area contributed by atoms with Gasteiger partial charge in [0.25, 0.3) is 11.3 Å². The maximum atomic E-state index is 11.8. The summed E-state index contributed by atoms with van der Waals surface area (Å²) in [4.78, 5) is 16.0. The summed E-state index contributed by atoms with van der Waals surface area (Å²) in [6.45, 7) is 3.85. The van der Waals surface area contributed by atoms with Crippen LogP contribution in [0.5, 0.6) is 0 Å². The summed E-state index contributed by atoms with van der Waals surface area (Å²) in [6, 6.07) is 0. The second-order valence-electron chi connectivity index (χ2n) is 3.17. The zero-order valence-corrected chi connectivity index (χ0v) is 8.11. The Morgan fingerprint density at radius 3 is 3.00 bits per heavy atom. The third-order valence-electron chi connectivity index (χ3n) is 2.15. The Morgan fingerprint density at radius 1 is 1.50 bits per heavy atom. The molecule has 6 nitrogen and oxygen atoms in total. The average molecular weight is 193 g/mol. The summed E-state index contributed by atoms with van der Waals surface area (Å²) < 4.78 is 1.26. The van der Waals surface area contributed by atoms with Gasteiger partial charge in [-0.25, -0.2) is 4.98 Å². The van der Waals surface area contributed by atoms with E-state index in [1.165, 1.54) is 4.52 Å². The van der Waals surface area contributed by atoms with E-state index in [0.29, 0.717) is 5.78 Å². The van der Waals surface area contributed by atoms with E-state index in [2.05, 4.69) is 20.5 Å². The highest BCUT2D eigenvalue weighted by atomic mass is 16.1. The van der Waals surface area contributed by atoms with Crippen LogP contribution in [0.15, 0.2) is 4.79 Å². The number of rotatable bonds is 2. The van der Waals surface area contributed by atoms with Gasteiger partial charge in [-0.3, -0.25) is 4.79 Å². The van der Waals surface area contributed by atoms with Crippen molar-refractivity contribution >= 4 is 5.78 Å². The van der Waals surface area contributed by atoms with E-state index in [4.69, 9.17) is 0 Å². The lowest BCUT2D eigenvalue weighted by atomic mass is 10.1. The molecular weight excluding hydrogens is 182 g/mol. The van der Waals surface area contributed by atoms with E-state index >= 15 is 0 Å². The highest BCUT2D eigenvalue weighted by Gasteiger charge is 2.10. The second-order valence-corrected chi connectivity index (χ2v) is 3.17. The van der Waals surface area contributed by atoms with E-state index in [9.17, 15) is 4.79 Å². The summed E-state index contributed by atoms with van der Waals surface area (Å²) >= 11 is 0. The fourth-order valence-corrected chi connectivity index (χ4v) is 1.45. The third-order valence-corrected chi connectivity index (χ3v) is 2.15. The molecule has 14 heavy (non-hydrogen) atoms. The molecule has 0 saturated heterocycles. The van der Waals surface area contributed by atoms with Crippen molar-refractivity contribution in [3.8, 4) is 0 Å². The number of nitrogens with zero attached hydrogens (tertiary/aromatic N) is 4. The van der Waals surface area contributed by atoms with Crippen LogP contribution in [0.1, 0.15) is 24.6 Å². The molecule has 74 valence electrons. The maximum absolute atomic E-state index is 11.8. The van der Waals surface area contributed by atoms with Gasteiger partial charge in [0.15, 0.2) is 0 Å². The van der Waals surface area contributed by atoms with Crippen molar-refractivity contribution in [2.24, 2.45) is 0 Å². The second kappa shape index (κ2) is 3.21. The first-order chi connectivity index (χ1) is 6.74. The molecule has 0 fully saturated rings. The van der Waals surface area contributed by atoms with E-state index < -0.39 is 0 Å². The van der Waals surface area contributed by atoms with Crippen LogP contribution in [-0.4, -0.2) is 25.0 Å². The SMILES string of the molecule is CCCc1c(C)nc2nn[nH]n2c1=O. The molecule has 0 spiro atoms. The van der Waals surface area contributed by atoms with Gasteiger partial charge in [-0.2, -0.15) is 9.73 Å². The van der Waals surface area contributed by atoms with E-state index in [1.54, 1.807) is 0 Å². The van der Waals surface area contributed by atoms with Crippen LogP contribution >= 0.6 is 0 Å². The molecule has 0 radical (unpaired) electrons. The zero-order chi connectivity index (χ0) is 10.1. The summed E-state index contributed by atoms with van der Waals surface area (Å²) in [5.41, 5.74) is 1.38. The first-order valence-electron chi connectivity index (χ1n) is 4.53. The predicted molar refractivity (Wildman–Crippen MR) is 50.1 cm³/mol. The summed E-state index contributed by atoms with van der Waals surface area (Å²) in [5, 5.41) is 9.71. The summed E-state index contributed by atoms with van der Waals surface area (Å²) in [6.07, 6.45) is 1.66. The molecule has 0 amide bonds. The van der Waals surface area contributed by atoms with Crippen LogP contribution in [0.4, 0.5) is 0 Å². The summed E-state index contributed by atoms with van der Waals surface area (Å²) in [5.74, 6) is 0.326. The molecule has 0 aliphatic carbocycles. The molecular formula is C8H11N5O. The molecule has 0 aliphatic rings. The van der Waals surface area contributed by atoms with Crippen molar-refractivity contribution in [3.05, 3.63) is 21.6 Å². The Bertz CT molecular complexity index is 512. The van der Waals surface area contributed by atoms with Crippen LogP contribution in [0, 0.1) is 6.92 Å². The highest BCUT2D eigenvalue weighted by Crippen LogP contribution is 2.02. The van der Waals surface area contributed by atoms with Gasteiger partial charge < -0.3 is 0 Å².